The minimum absolute atomic E-state index is 0.110. The molecule has 0 unspecified atom stereocenters. The quantitative estimate of drug-likeness (QED) is 0.0775. The van der Waals surface area contributed by atoms with Gasteiger partial charge in [-0.2, -0.15) is 5.10 Å². The molecule has 2 aromatic heterocycles. The summed E-state index contributed by atoms with van der Waals surface area (Å²) < 4.78 is 59.6. The Hall–Kier alpha value is -5.98. The van der Waals surface area contributed by atoms with E-state index in [0.717, 1.165) is 28.1 Å². The normalized spacial score (nSPS) is 13.5. The van der Waals surface area contributed by atoms with Gasteiger partial charge in [0.15, 0.2) is 11.6 Å². The average Bonchev–Trinajstić information content (AvgIpc) is 3.64. The van der Waals surface area contributed by atoms with Crippen molar-refractivity contribution in [2.45, 2.75) is 13.0 Å². The number of carbonyl (C=O) groups is 2. The first-order valence-corrected chi connectivity index (χ1v) is 15.3. The fraction of sp³-hybridized carbons (Fsp3) is 0.167. The molecule has 1 saturated heterocycles. The van der Waals surface area contributed by atoms with Gasteiger partial charge >= 0.3 is 0 Å². The first-order chi connectivity index (χ1) is 23.6. The zero-order valence-corrected chi connectivity index (χ0v) is 25.9. The van der Waals surface area contributed by atoms with E-state index in [0.29, 0.717) is 25.2 Å². The highest BCUT2D eigenvalue weighted by Gasteiger charge is 2.26. The number of nitrogens with zero attached hydrogens (tertiary/aromatic N) is 5. The maximum absolute atomic E-state index is 14.5. The van der Waals surface area contributed by atoms with Crippen molar-refractivity contribution in [1.82, 2.24) is 19.2 Å². The lowest BCUT2D eigenvalue weighted by Crippen LogP contribution is -2.50. The molecule has 49 heavy (non-hydrogen) atoms. The number of hydrogen-bond donors (Lipinski definition) is 1. The Kier molecular flexibility index (Phi) is 9.42. The Labute approximate surface area is 277 Å². The van der Waals surface area contributed by atoms with Gasteiger partial charge in [-0.25, -0.2) is 22.2 Å². The maximum Gasteiger partial charge on any atom is 0.294 e. The number of hydrogen-bond acceptors (Lipinski definition) is 6. The minimum atomic E-state index is -1.41. The predicted octanol–water partition coefficient (Wildman–Crippen LogP) is 5.05. The summed E-state index contributed by atoms with van der Waals surface area (Å²) >= 11 is 0. The van der Waals surface area contributed by atoms with Gasteiger partial charge in [-0.15, -0.1) is 0 Å². The van der Waals surface area contributed by atoms with E-state index >= 15 is 0 Å². The third kappa shape index (κ3) is 7.30. The Bertz CT molecular complexity index is 2110. The van der Waals surface area contributed by atoms with Gasteiger partial charge in [-0.3, -0.25) is 14.4 Å². The second-order valence-electron chi connectivity index (χ2n) is 11.5. The number of amides is 1. The molecule has 0 radical (unpaired) electrons. The molecule has 13 heteroatoms. The molecule has 9 nitrogen and oxygen atoms in total. The minimum Gasteiger partial charge on any atom is -0.507 e. The van der Waals surface area contributed by atoms with Crippen LogP contribution in [0.4, 0.5) is 23.2 Å². The summed E-state index contributed by atoms with van der Waals surface area (Å²) in [6.07, 6.45) is 4.96. The first-order valence-electron chi connectivity index (χ1n) is 15.3. The van der Waals surface area contributed by atoms with E-state index in [1.807, 2.05) is 36.5 Å². The SMILES string of the molecule is O=C(/C=C(/O)c1cc(Cc2cc(F)cc(F)c2F)cn(Cc2ccccc2F)c1=O)C(=O)N1CCN(c2ccc(-n3cccn3)cc2)CC1. The van der Waals surface area contributed by atoms with Crippen molar-refractivity contribution < 1.29 is 32.3 Å². The van der Waals surface area contributed by atoms with Gasteiger partial charge in [0.05, 0.1) is 17.8 Å². The highest BCUT2D eigenvalue weighted by molar-refractivity contribution is 6.41. The molecule has 0 aliphatic carbocycles. The second kappa shape index (κ2) is 14.0. The van der Waals surface area contributed by atoms with E-state index in [9.17, 15) is 37.1 Å². The summed E-state index contributed by atoms with van der Waals surface area (Å²) in [6, 6.07) is 17.5. The fourth-order valence-corrected chi connectivity index (χ4v) is 5.69. The number of aliphatic hydroxyl groups is 1. The molecule has 1 amide bonds. The number of halogens is 4. The van der Waals surface area contributed by atoms with Gasteiger partial charge < -0.3 is 19.5 Å². The van der Waals surface area contributed by atoms with Crippen LogP contribution in [0.5, 0.6) is 0 Å². The molecule has 1 aliphatic heterocycles. The number of pyridine rings is 1. The van der Waals surface area contributed by atoms with Crippen LogP contribution in [0, 0.1) is 23.3 Å². The molecule has 0 atom stereocenters. The van der Waals surface area contributed by atoms with Crippen molar-refractivity contribution in [3.8, 4) is 5.69 Å². The van der Waals surface area contributed by atoms with Crippen LogP contribution in [-0.2, 0) is 22.6 Å². The number of aliphatic hydroxyl groups excluding tert-OH is 1. The van der Waals surface area contributed by atoms with Crippen molar-refractivity contribution in [2.24, 2.45) is 0 Å². The third-order valence-electron chi connectivity index (χ3n) is 8.21. The fourth-order valence-electron chi connectivity index (χ4n) is 5.69. The number of anilines is 1. The van der Waals surface area contributed by atoms with Crippen molar-refractivity contribution in [2.75, 3.05) is 31.1 Å². The molecular formula is C36H29F4N5O4. The smallest absolute Gasteiger partial charge is 0.294 e. The number of benzene rings is 3. The zero-order valence-electron chi connectivity index (χ0n) is 25.9. The largest absolute Gasteiger partial charge is 0.507 e. The lowest BCUT2D eigenvalue weighted by Gasteiger charge is -2.35. The van der Waals surface area contributed by atoms with Crippen LogP contribution in [0.15, 0.2) is 102 Å². The Morgan fingerprint density at radius 2 is 1.55 bits per heavy atom. The van der Waals surface area contributed by atoms with Crippen LogP contribution >= 0.6 is 0 Å². The summed E-state index contributed by atoms with van der Waals surface area (Å²) in [5.41, 5.74) is 0.372. The molecule has 1 N–H and O–H groups in total. The second-order valence-corrected chi connectivity index (χ2v) is 11.5. The van der Waals surface area contributed by atoms with Crippen molar-refractivity contribution in [1.29, 1.82) is 0 Å². The van der Waals surface area contributed by atoms with Crippen molar-refractivity contribution in [3.05, 3.63) is 153 Å². The van der Waals surface area contributed by atoms with Crippen LogP contribution in [-0.4, -0.2) is 62.2 Å². The molecule has 6 rings (SSSR count). The zero-order chi connectivity index (χ0) is 34.7. The summed E-state index contributed by atoms with van der Waals surface area (Å²) in [4.78, 5) is 42.9. The molecule has 0 bridgehead atoms. The standard InChI is InChI=1S/C36H29F4N5O4/c37-26-18-25(34(40)31(39)19-26)16-23-17-29(35(48)44(21-23)22-24-4-1-2-5-30(24)38)32(46)20-33(47)36(49)43-14-12-42(13-15-43)27-6-8-28(9-7-27)45-11-3-10-41-45/h1-11,17-21,46H,12-16,22H2/b32-20+. The van der Waals surface area contributed by atoms with E-state index in [-0.39, 0.29) is 36.3 Å². The van der Waals surface area contributed by atoms with Gasteiger partial charge in [0.25, 0.3) is 11.5 Å². The molecule has 5 aromatic rings. The third-order valence-corrected chi connectivity index (χ3v) is 8.21. The Morgan fingerprint density at radius 1 is 0.837 bits per heavy atom. The number of carbonyl (C=O) groups excluding carboxylic acids is 2. The Balaban J connectivity index is 1.21. The molecule has 0 saturated carbocycles. The van der Waals surface area contributed by atoms with Crippen LogP contribution in [0.25, 0.3) is 11.4 Å². The van der Waals surface area contributed by atoms with E-state index < -0.39 is 58.3 Å². The van der Waals surface area contributed by atoms with E-state index in [4.69, 9.17) is 0 Å². The topological polar surface area (TPSA) is 101 Å². The predicted molar refractivity (Wildman–Crippen MR) is 173 cm³/mol. The van der Waals surface area contributed by atoms with Gasteiger partial charge in [-0.05, 0) is 59.7 Å². The number of rotatable bonds is 9. The molecule has 1 fully saturated rings. The number of aromatic nitrogens is 3. The van der Waals surface area contributed by atoms with E-state index in [1.54, 1.807) is 16.9 Å². The van der Waals surface area contributed by atoms with Crippen molar-refractivity contribution >= 4 is 23.1 Å². The van der Waals surface area contributed by atoms with Gasteiger partial charge in [0, 0.05) is 74.6 Å². The Morgan fingerprint density at radius 3 is 2.24 bits per heavy atom. The first kappa shape index (κ1) is 32.9. The van der Waals surface area contributed by atoms with Crippen LogP contribution in [0.3, 0.4) is 0 Å². The lowest BCUT2D eigenvalue weighted by molar-refractivity contribution is -0.142. The average molecular weight is 672 g/mol. The van der Waals surface area contributed by atoms with E-state index in [2.05, 4.69) is 10.00 Å². The highest BCUT2D eigenvalue weighted by atomic mass is 19.2. The maximum atomic E-state index is 14.5. The molecular weight excluding hydrogens is 642 g/mol. The van der Waals surface area contributed by atoms with Crippen LogP contribution in [0.1, 0.15) is 22.3 Å². The number of piperazine rings is 1. The lowest BCUT2D eigenvalue weighted by atomic mass is 10.0. The van der Waals surface area contributed by atoms with Gasteiger partial charge in [-0.1, -0.05) is 18.2 Å². The summed E-state index contributed by atoms with van der Waals surface area (Å²) in [6.45, 7) is 1.01. The van der Waals surface area contributed by atoms with Gasteiger partial charge in [0.2, 0.25) is 5.78 Å². The number of ketones is 1. The molecule has 3 heterocycles. The molecule has 1 aliphatic rings. The van der Waals surface area contributed by atoms with Crippen molar-refractivity contribution in [3.63, 3.8) is 0 Å². The monoisotopic (exact) mass is 671 g/mol. The molecule has 250 valence electrons. The van der Waals surface area contributed by atoms with Crippen LogP contribution in [0.2, 0.25) is 0 Å². The highest BCUT2D eigenvalue weighted by Crippen LogP contribution is 2.22. The van der Waals surface area contributed by atoms with E-state index in [1.165, 1.54) is 29.3 Å². The summed E-state index contributed by atoms with van der Waals surface area (Å²) in [5.74, 6) is -7.18. The summed E-state index contributed by atoms with van der Waals surface area (Å²) in [5, 5.41) is 15.2. The summed E-state index contributed by atoms with van der Waals surface area (Å²) in [7, 11) is 0. The molecule has 0 spiro atoms. The van der Waals surface area contributed by atoms with Crippen LogP contribution < -0.4 is 10.5 Å². The molecule has 3 aromatic carbocycles. The van der Waals surface area contributed by atoms with Gasteiger partial charge in [0.1, 0.15) is 17.4 Å².